The summed E-state index contributed by atoms with van der Waals surface area (Å²) >= 11 is 5.21. The molecule has 1 aromatic carbocycles. The van der Waals surface area contributed by atoms with Gasteiger partial charge in [0.2, 0.25) is 0 Å². The Morgan fingerprint density at radius 3 is 2.24 bits per heavy atom. The van der Waals surface area contributed by atoms with Crippen molar-refractivity contribution in [3.63, 3.8) is 0 Å². The van der Waals surface area contributed by atoms with Gasteiger partial charge in [0.25, 0.3) is 0 Å². The number of nitrogens with zero attached hydrogens (tertiary/aromatic N) is 1. The zero-order valence-electron chi connectivity index (χ0n) is 15.9. The van der Waals surface area contributed by atoms with E-state index < -0.39 is 26.6 Å². The van der Waals surface area contributed by atoms with E-state index in [1.807, 2.05) is 30.3 Å². The normalized spacial score (nSPS) is 14.6. The SMILES string of the molecule is C[C@@H]([C@H](O[Si](C)(C)C(C)(C)C)C(N)=S)N(Cc1ccccc1)C(=O)O. The summed E-state index contributed by atoms with van der Waals surface area (Å²) in [5, 5.41) is 9.67. The highest BCUT2D eigenvalue weighted by Crippen LogP contribution is 2.38. The van der Waals surface area contributed by atoms with Gasteiger partial charge in [0.15, 0.2) is 8.32 Å². The first-order valence-corrected chi connectivity index (χ1v) is 11.7. The van der Waals surface area contributed by atoms with Crippen LogP contribution in [0.5, 0.6) is 0 Å². The van der Waals surface area contributed by atoms with Crippen LogP contribution < -0.4 is 5.73 Å². The predicted molar refractivity (Wildman–Crippen MR) is 108 cm³/mol. The molecule has 1 aromatic rings. The number of carboxylic acid groups (broad SMARTS) is 1. The van der Waals surface area contributed by atoms with Crippen LogP contribution in [-0.4, -0.2) is 41.6 Å². The van der Waals surface area contributed by atoms with Gasteiger partial charge in [-0.1, -0.05) is 63.3 Å². The van der Waals surface area contributed by atoms with Crippen molar-refractivity contribution in [2.75, 3.05) is 0 Å². The van der Waals surface area contributed by atoms with Crippen LogP contribution in [0.25, 0.3) is 0 Å². The maximum absolute atomic E-state index is 11.8. The fraction of sp³-hybridized carbons (Fsp3) is 0.556. The van der Waals surface area contributed by atoms with Crippen molar-refractivity contribution in [1.82, 2.24) is 4.90 Å². The second-order valence-corrected chi connectivity index (χ2v) is 13.1. The third-order valence-corrected chi connectivity index (χ3v) is 9.57. The first kappa shape index (κ1) is 21.6. The molecule has 0 aliphatic heterocycles. The molecule has 2 atom stereocenters. The van der Waals surface area contributed by atoms with Crippen LogP contribution in [0, 0.1) is 0 Å². The van der Waals surface area contributed by atoms with Gasteiger partial charge in [-0.3, -0.25) is 4.90 Å². The van der Waals surface area contributed by atoms with E-state index in [-0.39, 0.29) is 16.6 Å². The van der Waals surface area contributed by atoms with Crippen molar-refractivity contribution in [2.24, 2.45) is 5.73 Å². The number of benzene rings is 1. The van der Waals surface area contributed by atoms with Gasteiger partial charge in [-0.2, -0.15) is 0 Å². The van der Waals surface area contributed by atoms with Crippen LogP contribution in [0.3, 0.4) is 0 Å². The number of nitrogens with two attached hydrogens (primary N) is 1. The van der Waals surface area contributed by atoms with Gasteiger partial charge in [0.1, 0.15) is 11.1 Å². The first-order valence-electron chi connectivity index (χ1n) is 8.37. The van der Waals surface area contributed by atoms with Crippen molar-refractivity contribution in [2.45, 2.75) is 64.5 Å². The molecular weight excluding hydrogens is 352 g/mol. The topological polar surface area (TPSA) is 75.8 Å². The zero-order valence-corrected chi connectivity index (χ0v) is 17.8. The molecule has 0 aliphatic carbocycles. The Labute approximate surface area is 157 Å². The van der Waals surface area contributed by atoms with Crippen LogP contribution in [0.1, 0.15) is 33.3 Å². The van der Waals surface area contributed by atoms with Crippen molar-refractivity contribution < 1.29 is 14.3 Å². The molecule has 5 nitrogen and oxygen atoms in total. The Bertz CT molecular complexity index is 602. The van der Waals surface area contributed by atoms with E-state index in [0.717, 1.165) is 5.56 Å². The lowest BCUT2D eigenvalue weighted by atomic mass is 10.1. The van der Waals surface area contributed by atoms with Crippen molar-refractivity contribution in [3.05, 3.63) is 35.9 Å². The minimum absolute atomic E-state index is 0.0246. The van der Waals surface area contributed by atoms with Crippen LogP contribution in [-0.2, 0) is 11.0 Å². The molecule has 1 amide bonds. The standard InChI is InChI=1S/C18H30N2O3SSi/c1-13(15(16(19)24)23-25(5,6)18(2,3)4)20(17(21)22)12-14-10-8-7-9-11-14/h7-11,13,15H,12H2,1-6H3,(H2,19,24)(H,21,22)/t13-,15-/m0/s1. The Morgan fingerprint density at radius 2 is 1.84 bits per heavy atom. The minimum atomic E-state index is -2.15. The average Bonchev–Trinajstić information content (AvgIpc) is 2.49. The van der Waals surface area contributed by atoms with Crippen LogP contribution >= 0.6 is 12.2 Å². The van der Waals surface area contributed by atoms with Crippen LogP contribution in [0.4, 0.5) is 4.79 Å². The van der Waals surface area contributed by atoms with Gasteiger partial charge in [-0.15, -0.1) is 0 Å². The van der Waals surface area contributed by atoms with Crippen molar-refractivity contribution in [1.29, 1.82) is 0 Å². The number of carbonyl (C=O) groups is 1. The third kappa shape index (κ3) is 5.80. The molecule has 140 valence electrons. The van der Waals surface area contributed by atoms with Crippen LogP contribution in [0.15, 0.2) is 30.3 Å². The molecule has 0 aliphatic rings. The van der Waals surface area contributed by atoms with Gasteiger partial charge < -0.3 is 15.3 Å². The van der Waals surface area contributed by atoms with Crippen molar-refractivity contribution >= 4 is 31.6 Å². The maximum Gasteiger partial charge on any atom is 0.407 e. The van der Waals surface area contributed by atoms with Gasteiger partial charge >= 0.3 is 6.09 Å². The number of hydrogen-bond acceptors (Lipinski definition) is 3. The summed E-state index contributed by atoms with van der Waals surface area (Å²) in [5.41, 5.74) is 6.84. The quantitative estimate of drug-likeness (QED) is 0.545. The lowest BCUT2D eigenvalue weighted by molar-refractivity contribution is 0.0853. The maximum atomic E-state index is 11.8. The first-order chi connectivity index (χ1) is 11.4. The van der Waals surface area contributed by atoms with E-state index in [2.05, 4.69) is 33.9 Å². The van der Waals surface area contributed by atoms with Gasteiger partial charge in [-0.25, -0.2) is 4.79 Å². The number of amides is 1. The largest absolute Gasteiger partial charge is 0.465 e. The minimum Gasteiger partial charge on any atom is -0.465 e. The summed E-state index contributed by atoms with van der Waals surface area (Å²) in [7, 11) is -2.15. The number of hydrogen-bond donors (Lipinski definition) is 2. The molecule has 0 saturated heterocycles. The Kier molecular flexibility index (Phi) is 7.16. The van der Waals surface area contributed by atoms with E-state index in [1.165, 1.54) is 4.90 Å². The fourth-order valence-corrected chi connectivity index (χ4v) is 3.86. The zero-order chi connectivity index (χ0) is 19.4. The molecule has 25 heavy (non-hydrogen) atoms. The molecule has 0 bridgehead atoms. The Balaban J connectivity index is 3.07. The van der Waals surface area contributed by atoms with Gasteiger partial charge in [0, 0.05) is 6.54 Å². The Hall–Kier alpha value is -1.44. The molecule has 0 heterocycles. The van der Waals surface area contributed by atoms with Crippen molar-refractivity contribution in [3.8, 4) is 0 Å². The summed E-state index contributed by atoms with van der Waals surface area (Å²) in [6, 6.07) is 8.98. The van der Waals surface area contributed by atoms with E-state index in [1.54, 1.807) is 6.92 Å². The molecular formula is C18H30N2O3SSi. The smallest absolute Gasteiger partial charge is 0.407 e. The molecule has 1 rings (SSSR count). The van der Waals surface area contributed by atoms with E-state index in [9.17, 15) is 9.90 Å². The summed E-state index contributed by atoms with van der Waals surface area (Å²) in [6.07, 6.45) is -1.63. The molecule has 0 radical (unpaired) electrons. The average molecular weight is 383 g/mol. The number of rotatable bonds is 7. The lowest BCUT2D eigenvalue weighted by Gasteiger charge is -2.42. The highest BCUT2D eigenvalue weighted by atomic mass is 32.1. The number of thiocarbonyl (C=S) groups is 1. The predicted octanol–water partition coefficient (Wildman–Crippen LogP) is 4.23. The van der Waals surface area contributed by atoms with E-state index in [4.69, 9.17) is 22.4 Å². The monoisotopic (exact) mass is 382 g/mol. The van der Waals surface area contributed by atoms with Crippen LogP contribution in [0.2, 0.25) is 18.1 Å². The van der Waals surface area contributed by atoms with E-state index >= 15 is 0 Å². The Morgan fingerprint density at radius 1 is 1.32 bits per heavy atom. The molecule has 0 aromatic heterocycles. The third-order valence-electron chi connectivity index (χ3n) is 4.88. The van der Waals surface area contributed by atoms with Gasteiger partial charge in [0.05, 0.1) is 6.04 Å². The highest BCUT2D eigenvalue weighted by Gasteiger charge is 2.42. The lowest BCUT2D eigenvalue weighted by Crippen LogP contribution is -2.55. The molecule has 0 unspecified atom stereocenters. The fourth-order valence-electron chi connectivity index (χ4n) is 2.22. The highest BCUT2D eigenvalue weighted by molar-refractivity contribution is 7.80. The molecule has 0 fully saturated rings. The summed E-state index contributed by atoms with van der Waals surface area (Å²) in [4.78, 5) is 13.4. The van der Waals surface area contributed by atoms with E-state index in [0.29, 0.717) is 0 Å². The second-order valence-electron chi connectivity index (χ2n) is 7.84. The molecule has 3 N–H and O–H groups in total. The van der Waals surface area contributed by atoms with Gasteiger partial charge in [-0.05, 0) is 30.6 Å². The second kappa shape index (κ2) is 8.29. The summed E-state index contributed by atoms with van der Waals surface area (Å²) in [5.74, 6) is 0. The molecule has 7 heteroatoms. The molecule has 0 saturated carbocycles. The summed E-state index contributed by atoms with van der Waals surface area (Å²) in [6.45, 7) is 12.6. The molecule has 0 spiro atoms. The summed E-state index contributed by atoms with van der Waals surface area (Å²) < 4.78 is 6.36.